The quantitative estimate of drug-likeness (QED) is 0.294. The van der Waals surface area contributed by atoms with Gasteiger partial charge in [-0.25, -0.2) is 4.79 Å². The molecule has 1 unspecified atom stereocenters. The molecule has 1 N–H and O–H groups in total. The number of benzene rings is 1. The monoisotopic (exact) mass is 575 g/mol. The molecule has 0 saturated carbocycles. The van der Waals surface area contributed by atoms with Crippen LogP contribution >= 0.6 is 12.4 Å². The molecule has 4 rings (SSSR count). The maximum Gasteiger partial charge on any atom is 0.343 e. The van der Waals surface area contributed by atoms with Crippen molar-refractivity contribution in [3.05, 3.63) is 45.7 Å². The van der Waals surface area contributed by atoms with E-state index in [2.05, 4.69) is 41.6 Å². The molecule has 1 aromatic carbocycles. The van der Waals surface area contributed by atoms with Gasteiger partial charge in [0.25, 0.3) is 0 Å². The summed E-state index contributed by atoms with van der Waals surface area (Å²) in [5.74, 6) is 0.806. The Kier molecular flexibility index (Phi) is 11.5. The lowest BCUT2D eigenvalue weighted by Crippen LogP contribution is -2.43. The summed E-state index contributed by atoms with van der Waals surface area (Å²) in [7, 11) is 1.64. The van der Waals surface area contributed by atoms with Crippen LogP contribution in [0.1, 0.15) is 75.3 Å². The predicted molar refractivity (Wildman–Crippen MR) is 161 cm³/mol. The number of esters is 1. The fourth-order valence-electron chi connectivity index (χ4n) is 5.61. The third-order valence-corrected chi connectivity index (χ3v) is 7.82. The Morgan fingerprint density at radius 1 is 1.05 bits per heavy atom. The smallest absolute Gasteiger partial charge is 0.343 e. The number of unbranched alkanes of at least 4 members (excludes halogenated alkanes) is 3. The Morgan fingerprint density at radius 2 is 1.77 bits per heavy atom. The summed E-state index contributed by atoms with van der Waals surface area (Å²) in [4.78, 5) is 28.0. The number of ether oxygens (including phenoxy) is 3. The van der Waals surface area contributed by atoms with Gasteiger partial charge in [0.15, 0.2) is 16.9 Å². The highest BCUT2D eigenvalue weighted by molar-refractivity contribution is 5.89. The Morgan fingerprint density at radius 3 is 2.45 bits per heavy atom. The average molecular weight is 576 g/mol. The Bertz CT molecular complexity index is 1200. The van der Waals surface area contributed by atoms with E-state index in [1.54, 1.807) is 26.3 Å². The second-order valence-electron chi connectivity index (χ2n) is 11.7. The first-order chi connectivity index (χ1) is 18.7. The molecule has 222 valence electrons. The van der Waals surface area contributed by atoms with Gasteiger partial charge in [-0.2, -0.15) is 0 Å². The van der Waals surface area contributed by atoms with Crippen molar-refractivity contribution in [3.63, 3.8) is 0 Å². The van der Waals surface area contributed by atoms with Crippen LogP contribution in [0.4, 0.5) is 0 Å². The highest BCUT2D eigenvalue weighted by Crippen LogP contribution is 2.45. The molecule has 0 radical (unpaired) electrons. The zero-order valence-corrected chi connectivity index (χ0v) is 25.5. The number of aromatic nitrogens is 1. The van der Waals surface area contributed by atoms with Gasteiger partial charge in [0.2, 0.25) is 0 Å². The van der Waals surface area contributed by atoms with Gasteiger partial charge in [-0.15, -0.1) is 12.4 Å². The van der Waals surface area contributed by atoms with Crippen LogP contribution in [0.15, 0.2) is 29.2 Å². The van der Waals surface area contributed by atoms with E-state index in [0.29, 0.717) is 12.4 Å². The summed E-state index contributed by atoms with van der Waals surface area (Å²) in [5.41, 5.74) is 2.45. The van der Waals surface area contributed by atoms with Crippen molar-refractivity contribution in [2.45, 2.75) is 65.8 Å². The van der Waals surface area contributed by atoms with Crippen LogP contribution < -0.4 is 20.2 Å². The average Bonchev–Trinajstić information content (AvgIpc) is 2.91. The molecular formula is C31H46ClN3O5. The van der Waals surface area contributed by atoms with Crippen molar-refractivity contribution in [3.8, 4) is 22.8 Å². The number of piperazine rings is 1. The standard InChI is InChI=1S/C31H45N3O5.ClH/c1-6-38-30(36)24-21-34-25(20-26(24)35)23-19-27(37-5)28(17-22(23)18-29(34)31(2,3)4)39-16-10-8-7-9-13-33-14-11-32-12-15-33;/h17,19-21,29,32H,6-16,18H2,1-5H3;1H. The topological polar surface area (TPSA) is 82.0 Å². The van der Waals surface area contributed by atoms with Crippen molar-refractivity contribution in [1.29, 1.82) is 0 Å². The van der Waals surface area contributed by atoms with Crippen LogP contribution in [0.25, 0.3) is 11.3 Å². The van der Waals surface area contributed by atoms with E-state index >= 15 is 0 Å². The lowest BCUT2D eigenvalue weighted by molar-refractivity contribution is 0.0523. The van der Waals surface area contributed by atoms with Gasteiger partial charge in [-0.05, 0) is 55.8 Å². The summed E-state index contributed by atoms with van der Waals surface area (Å²) in [6, 6.07) is 5.64. The van der Waals surface area contributed by atoms with Crippen molar-refractivity contribution in [1.82, 2.24) is 14.8 Å². The molecule has 0 aliphatic carbocycles. The molecule has 0 amide bonds. The first-order valence-electron chi connectivity index (χ1n) is 14.4. The third-order valence-electron chi connectivity index (χ3n) is 7.82. The van der Waals surface area contributed by atoms with E-state index in [9.17, 15) is 9.59 Å². The summed E-state index contributed by atoms with van der Waals surface area (Å²) >= 11 is 0. The number of hydrogen-bond donors (Lipinski definition) is 1. The van der Waals surface area contributed by atoms with Crippen molar-refractivity contribution in [2.75, 3.05) is 53.0 Å². The van der Waals surface area contributed by atoms with E-state index in [4.69, 9.17) is 14.2 Å². The summed E-state index contributed by atoms with van der Waals surface area (Å²) in [5, 5.41) is 3.40. The van der Waals surface area contributed by atoms with Crippen molar-refractivity contribution >= 4 is 18.4 Å². The minimum atomic E-state index is -0.582. The molecule has 8 nitrogen and oxygen atoms in total. The molecule has 0 bridgehead atoms. The summed E-state index contributed by atoms with van der Waals surface area (Å²) in [6.07, 6.45) is 7.01. The number of carbonyl (C=O) groups is 1. The first-order valence-corrected chi connectivity index (χ1v) is 14.4. The number of nitrogens with zero attached hydrogens (tertiary/aromatic N) is 2. The zero-order chi connectivity index (χ0) is 28.0. The number of nitrogens with one attached hydrogen (secondary N) is 1. The fraction of sp³-hybridized carbons (Fsp3) is 0.613. The number of methoxy groups -OCH3 is 1. The van der Waals surface area contributed by atoms with Crippen LogP contribution in [0.5, 0.6) is 11.5 Å². The fourth-order valence-corrected chi connectivity index (χ4v) is 5.61. The third kappa shape index (κ3) is 7.59. The first kappa shape index (κ1) is 32.0. The van der Waals surface area contributed by atoms with Gasteiger partial charge < -0.3 is 29.0 Å². The minimum absolute atomic E-state index is 0. The summed E-state index contributed by atoms with van der Waals surface area (Å²) in [6.45, 7) is 14.8. The summed E-state index contributed by atoms with van der Waals surface area (Å²) < 4.78 is 19.1. The maximum atomic E-state index is 13.0. The second kappa shape index (κ2) is 14.4. The predicted octanol–water partition coefficient (Wildman–Crippen LogP) is 5.11. The lowest BCUT2D eigenvalue weighted by Gasteiger charge is -2.39. The Labute approximate surface area is 244 Å². The van der Waals surface area contributed by atoms with Gasteiger partial charge in [-0.3, -0.25) is 4.79 Å². The molecule has 2 aromatic rings. The molecule has 0 spiro atoms. The lowest BCUT2D eigenvalue weighted by atomic mass is 9.78. The number of halogens is 1. The normalized spacial score (nSPS) is 16.9. The maximum absolute atomic E-state index is 13.0. The highest BCUT2D eigenvalue weighted by Gasteiger charge is 2.34. The second-order valence-corrected chi connectivity index (χ2v) is 11.7. The molecule has 2 aliphatic heterocycles. The van der Waals surface area contributed by atoms with Gasteiger partial charge in [-0.1, -0.05) is 33.6 Å². The van der Waals surface area contributed by atoms with Gasteiger partial charge >= 0.3 is 5.97 Å². The van der Waals surface area contributed by atoms with Crippen molar-refractivity contribution in [2.24, 2.45) is 5.41 Å². The number of hydrogen-bond acceptors (Lipinski definition) is 7. The van der Waals surface area contributed by atoms with E-state index in [1.165, 1.54) is 19.4 Å². The van der Waals surface area contributed by atoms with Gasteiger partial charge in [0, 0.05) is 50.0 Å². The molecule has 3 heterocycles. The van der Waals surface area contributed by atoms with Crippen molar-refractivity contribution < 1.29 is 19.0 Å². The highest BCUT2D eigenvalue weighted by atomic mass is 35.5. The number of rotatable bonds is 11. The molecule has 2 aliphatic rings. The molecule has 1 atom stereocenters. The van der Waals surface area contributed by atoms with E-state index in [1.807, 2.05) is 6.07 Å². The molecule has 1 fully saturated rings. The van der Waals surface area contributed by atoms with Crippen LogP contribution in [0.2, 0.25) is 0 Å². The molecule has 9 heteroatoms. The Hall–Kier alpha value is -2.55. The molecular weight excluding hydrogens is 530 g/mol. The van der Waals surface area contributed by atoms with Crippen LogP contribution in [-0.2, 0) is 11.2 Å². The molecule has 1 aromatic heterocycles. The number of pyridine rings is 1. The SMILES string of the molecule is CCOC(=O)c1cn2c(cc1=O)-c1cc(OC)c(OCCCCCCN3CCNCC3)cc1CC2C(C)(C)C.Cl. The molecule has 40 heavy (non-hydrogen) atoms. The Balaban J connectivity index is 0.00000441. The zero-order valence-electron chi connectivity index (χ0n) is 24.7. The minimum Gasteiger partial charge on any atom is -0.493 e. The van der Waals surface area contributed by atoms with E-state index < -0.39 is 5.97 Å². The van der Waals surface area contributed by atoms with Gasteiger partial charge in [0.1, 0.15) is 5.56 Å². The van der Waals surface area contributed by atoms with Crippen LogP contribution in [0.3, 0.4) is 0 Å². The van der Waals surface area contributed by atoms with Crippen LogP contribution in [0, 0.1) is 5.41 Å². The van der Waals surface area contributed by atoms with E-state index in [-0.39, 0.29) is 41.5 Å². The van der Waals surface area contributed by atoms with Gasteiger partial charge in [0.05, 0.1) is 26.0 Å². The number of carbonyl (C=O) groups excluding carboxylic acids is 1. The molecule has 1 saturated heterocycles. The number of fused-ring (bicyclic) bond motifs is 3. The van der Waals surface area contributed by atoms with Crippen LogP contribution in [-0.4, -0.2) is 68.5 Å². The largest absolute Gasteiger partial charge is 0.493 e. The van der Waals surface area contributed by atoms with E-state index in [0.717, 1.165) is 68.0 Å².